The van der Waals surface area contributed by atoms with E-state index in [1.54, 1.807) is 0 Å². The summed E-state index contributed by atoms with van der Waals surface area (Å²) in [6.07, 6.45) is 11.5. The van der Waals surface area contributed by atoms with E-state index in [0.717, 1.165) is 12.8 Å². The van der Waals surface area contributed by atoms with Gasteiger partial charge in [0.1, 0.15) is 0 Å². The van der Waals surface area contributed by atoms with Crippen LogP contribution >= 0.6 is 0 Å². The number of ether oxygens (including phenoxy) is 2. The standard InChI is InChI=1S/C15H32O10.C12H24O2/c16-1-13(2-17,3-18)9-24-11-15(7-22,8-23)12-25-10-14(4-19,5-20)6-21;1-2-3-4-5-6-7-8-9-10-11-12(13)14/h16-23H,1-12H2;2-11H2,1H3,(H,13,14). The average Bonchev–Trinajstić information content (AvgIpc) is 2.96. The average molecular weight is 573 g/mol. The molecule has 0 aliphatic heterocycles. The molecule has 12 nitrogen and oxygen atoms in total. The molecule has 0 aromatic rings. The number of aliphatic hydroxyl groups is 8. The molecule has 0 heterocycles. The van der Waals surface area contributed by atoms with Crippen molar-refractivity contribution < 1.29 is 60.2 Å². The van der Waals surface area contributed by atoms with E-state index in [9.17, 15) is 45.6 Å². The van der Waals surface area contributed by atoms with Crippen molar-refractivity contribution in [2.45, 2.75) is 71.1 Å². The SMILES string of the molecule is CCCCCCCCCCCC(=O)O.OCC(CO)(CO)COCC(CO)(CO)COCC(CO)(CO)CO. The van der Waals surface area contributed by atoms with Gasteiger partial charge in [-0.3, -0.25) is 4.79 Å². The van der Waals surface area contributed by atoms with Crippen molar-refractivity contribution in [3.05, 3.63) is 0 Å². The van der Waals surface area contributed by atoms with Crippen molar-refractivity contribution in [2.24, 2.45) is 16.2 Å². The van der Waals surface area contributed by atoms with Gasteiger partial charge < -0.3 is 55.4 Å². The highest BCUT2D eigenvalue weighted by atomic mass is 16.5. The van der Waals surface area contributed by atoms with Gasteiger partial charge in [0.25, 0.3) is 0 Å². The zero-order valence-electron chi connectivity index (χ0n) is 23.8. The second-order valence-corrected chi connectivity index (χ2v) is 10.7. The summed E-state index contributed by atoms with van der Waals surface area (Å²) in [6, 6.07) is 0. The van der Waals surface area contributed by atoms with E-state index in [1.165, 1.54) is 44.9 Å². The van der Waals surface area contributed by atoms with Gasteiger partial charge in [-0.15, -0.1) is 0 Å². The van der Waals surface area contributed by atoms with Crippen LogP contribution in [0.3, 0.4) is 0 Å². The van der Waals surface area contributed by atoms with Crippen molar-refractivity contribution in [1.29, 1.82) is 0 Å². The molecule has 0 bridgehead atoms. The van der Waals surface area contributed by atoms with Crippen molar-refractivity contribution >= 4 is 5.97 Å². The van der Waals surface area contributed by atoms with Crippen LogP contribution in [-0.4, -0.2) is 131 Å². The number of hydrogen-bond acceptors (Lipinski definition) is 11. The molecule has 0 atom stereocenters. The van der Waals surface area contributed by atoms with E-state index in [2.05, 4.69) is 6.92 Å². The highest BCUT2D eigenvalue weighted by Gasteiger charge is 2.35. The number of hydrogen-bond donors (Lipinski definition) is 9. The van der Waals surface area contributed by atoms with E-state index in [-0.39, 0.29) is 26.4 Å². The molecule has 0 radical (unpaired) electrons. The first-order valence-corrected chi connectivity index (χ1v) is 13.9. The number of carboxylic acid groups (broad SMARTS) is 1. The van der Waals surface area contributed by atoms with Gasteiger partial charge in [-0.05, 0) is 6.42 Å². The largest absolute Gasteiger partial charge is 0.481 e. The lowest BCUT2D eigenvalue weighted by Gasteiger charge is -2.34. The summed E-state index contributed by atoms with van der Waals surface area (Å²) in [4.78, 5) is 10.2. The molecule has 0 fully saturated rings. The van der Waals surface area contributed by atoms with Crippen LogP contribution in [0.15, 0.2) is 0 Å². The second-order valence-electron chi connectivity index (χ2n) is 10.7. The lowest BCUT2D eigenvalue weighted by molar-refractivity contribution is -0.137. The molecular formula is C27H56O12. The predicted molar refractivity (Wildman–Crippen MR) is 145 cm³/mol. The Bertz CT molecular complexity index is 504. The fraction of sp³-hybridized carbons (Fsp3) is 0.963. The predicted octanol–water partition coefficient (Wildman–Crippen LogP) is -0.0909. The number of rotatable bonds is 26. The summed E-state index contributed by atoms with van der Waals surface area (Å²) in [5.74, 6) is -0.659. The second kappa shape index (κ2) is 24.8. The van der Waals surface area contributed by atoms with Gasteiger partial charge >= 0.3 is 5.97 Å². The molecule has 9 N–H and O–H groups in total. The van der Waals surface area contributed by atoms with Crippen LogP contribution in [-0.2, 0) is 14.3 Å². The molecule has 0 aliphatic rings. The van der Waals surface area contributed by atoms with Crippen LogP contribution in [0.4, 0.5) is 0 Å². The van der Waals surface area contributed by atoms with Gasteiger partial charge in [-0.2, -0.15) is 0 Å². The fourth-order valence-electron chi connectivity index (χ4n) is 3.40. The van der Waals surface area contributed by atoms with Crippen LogP contribution in [0.2, 0.25) is 0 Å². The Morgan fingerprint density at radius 1 is 0.487 bits per heavy atom. The van der Waals surface area contributed by atoms with E-state index >= 15 is 0 Å². The first-order valence-electron chi connectivity index (χ1n) is 13.9. The molecule has 39 heavy (non-hydrogen) atoms. The van der Waals surface area contributed by atoms with Gasteiger partial charge in [0, 0.05) is 6.42 Å². The van der Waals surface area contributed by atoms with Crippen LogP contribution in [0.1, 0.15) is 71.1 Å². The van der Waals surface area contributed by atoms with Gasteiger partial charge in [0.2, 0.25) is 0 Å². The van der Waals surface area contributed by atoms with E-state index in [4.69, 9.17) is 14.6 Å². The highest BCUT2D eigenvalue weighted by Crippen LogP contribution is 2.23. The Labute approximate surface area is 233 Å². The minimum absolute atomic E-state index is 0.188. The Morgan fingerprint density at radius 2 is 0.769 bits per heavy atom. The Balaban J connectivity index is 0. The van der Waals surface area contributed by atoms with Gasteiger partial charge in [-0.25, -0.2) is 0 Å². The smallest absolute Gasteiger partial charge is 0.303 e. The molecule has 0 unspecified atom stereocenters. The molecule has 0 aliphatic carbocycles. The van der Waals surface area contributed by atoms with Crippen LogP contribution in [0, 0.1) is 16.2 Å². The number of carboxylic acids is 1. The maximum atomic E-state index is 10.2. The van der Waals surface area contributed by atoms with E-state index in [1.807, 2.05) is 0 Å². The quantitative estimate of drug-likeness (QED) is 0.0621. The Morgan fingerprint density at radius 3 is 1.05 bits per heavy atom. The molecule has 0 aromatic heterocycles. The molecule has 0 spiro atoms. The first kappa shape index (κ1) is 40.2. The lowest BCUT2D eigenvalue weighted by atomic mass is 9.90. The van der Waals surface area contributed by atoms with Gasteiger partial charge in [0.15, 0.2) is 0 Å². The highest BCUT2D eigenvalue weighted by molar-refractivity contribution is 5.66. The summed E-state index contributed by atoms with van der Waals surface area (Å²) < 4.78 is 10.7. The molecule has 0 rings (SSSR count). The molecular weight excluding hydrogens is 516 g/mol. The summed E-state index contributed by atoms with van der Waals surface area (Å²) in [5, 5.41) is 83.0. The van der Waals surface area contributed by atoms with Crippen LogP contribution in [0.5, 0.6) is 0 Å². The normalized spacial score (nSPS) is 12.3. The summed E-state index contributed by atoms with van der Waals surface area (Å²) in [6.45, 7) is -2.59. The zero-order valence-corrected chi connectivity index (χ0v) is 23.8. The van der Waals surface area contributed by atoms with E-state index < -0.39 is 75.1 Å². The third-order valence-corrected chi connectivity index (χ3v) is 6.81. The summed E-state index contributed by atoms with van der Waals surface area (Å²) in [5.41, 5.74) is -3.69. The third-order valence-electron chi connectivity index (χ3n) is 6.81. The summed E-state index contributed by atoms with van der Waals surface area (Å²) >= 11 is 0. The number of aliphatic carboxylic acids is 1. The zero-order chi connectivity index (χ0) is 30.0. The minimum atomic E-state index is -1.24. The molecule has 0 saturated carbocycles. The Hall–Kier alpha value is -0.930. The number of carbonyl (C=O) groups is 1. The third kappa shape index (κ3) is 18.2. The van der Waals surface area contributed by atoms with E-state index in [0.29, 0.717) is 6.42 Å². The maximum absolute atomic E-state index is 10.2. The van der Waals surface area contributed by atoms with Gasteiger partial charge in [0.05, 0.1) is 95.5 Å². The molecule has 236 valence electrons. The monoisotopic (exact) mass is 572 g/mol. The van der Waals surface area contributed by atoms with Crippen LogP contribution in [0.25, 0.3) is 0 Å². The molecule has 0 amide bonds. The topological polar surface area (TPSA) is 218 Å². The van der Waals surface area contributed by atoms with Crippen molar-refractivity contribution in [3.63, 3.8) is 0 Å². The first-order chi connectivity index (χ1) is 18.7. The molecule has 12 heteroatoms. The molecule has 0 saturated heterocycles. The van der Waals surface area contributed by atoms with Crippen molar-refractivity contribution in [1.82, 2.24) is 0 Å². The lowest BCUT2D eigenvalue weighted by Crippen LogP contribution is -2.45. The number of unbranched alkanes of at least 4 members (excludes halogenated alkanes) is 8. The van der Waals surface area contributed by atoms with Crippen molar-refractivity contribution in [2.75, 3.05) is 79.3 Å². The molecule has 0 aromatic carbocycles. The Kier molecular flexibility index (Phi) is 25.6. The summed E-state index contributed by atoms with van der Waals surface area (Å²) in [7, 11) is 0. The van der Waals surface area contributed by atoms with Gasteiger partial charge in [-0.1, -0.05) is 58.3 Å². The van der Waals surface area contributed by atoms with Crippen LogP contribution < -0.4 is 0 Å². The minimum Gasteiger partial charge on any atom is -0.481 e. The fourth-order valence-corrected chi connectivity index (χ4v) is 3.40. The van der Waals surface area contributed by atoms with Crippen molar-refractivity contribution in [3.8, 4) is 0 Å². The number of aliphatic hydroxyl groups excluding tert-OH is 8. The maximum Gasteiger partial charge on any atom is 0.303 e.